The van der Waals surface area contributed by atoms with E-state index >= 15 is 0 Å². The van der Waals surface area contributed by atoms with Gasteiger partial charge in [0, 0.05) is 24.7 Å². The Kier molecular flexibility index (Phi) is 6.83. The lowest BCUT2D eigenvalue weighted by Gasteiger charge is -2.51. The topological polar surface area (TPSA) is 58.6 Å². The summed E-state index contributed by atoms with van der Waals surface area (Å²) in [5.41, 5.74) is 3.55. The van der Waals surface area contributed by atoms with Crippen LogP contribution in [-0.4, -0.2) is 43.0 Å². The molecule has 5 heteroatoms. The number of methoxy groups -OCH3 is 1. The van der Waals surface area contributed by atoms with E-state index in [1.165, 1.54) is 67.6 Å². The van der Waals surface area contributed by atoms with E-state index in [-0.39, 0.29) is 11.8 Å². The molecule has 3 aliphatic carbocycles. The summed E-state index contributed by atoms with van der Waals surface area (Å²) in [7, 11) is 1.77. The number of amides is 2. The standard InChI is InChI=1S/C29H40N2O3/c1-29-16-15-23-22-10-8-21(34-2)19-20(22)7-9-24(23)25(29)11-12-26(29)30-17-5-3-4-6-18-31-27(32)13-14-28(31)33/h8,10,13-14,19,23-26,30H,3-7,9,11-12,15-18H2,1-2H3/t23-,24+,25-,26-,29-/m0/s1. The fraction of sp³-hybridized carbons (Fsp3) is 0.655. The molecule has 34 heavy (non-hydrogen) atoms. The number of nitrogens with zero attached hydrogens (tertiary/aromatic N) is 1. The van der Waals surface area contributed by atoms with E-state index < -0.39 is 0 Å². The van der Waals surface area contributed by atoms with Gasteiger partial charge in [0.1, 0.15) is 5.75 Å². The molecule has 1 aromatic carbocycles. The highest BCUT2D eigenvalue weighted by molar-refractivity contribution is 6.12. The molecule has 1 aromatic rings. The third-order valence-electron chi connectivity index (χ3n) is 9.53. The quantitative estimate of drug-likeness (QED) is 0.413. The number of unbranched alkanes of at least 4 members (excludes halogenated alkanes) is 3. The van der Waals surface area contributed by atoms with Crippen LogP contribution in [0.4, 0.5) is 0 Å². The van der Waals surface area contributed by atoms with E-state index in [0.717, 1.165) is 49.3 Å². The normalized spacial score (nSPS) is 32.0. The van der Waals surface area contributed by atoms with Crippen LogP contribution in [-0.2, 0) is 16.0 Å². The molecule has 0 spiro atoms. The second kappa shape index (κ2) is 9.85. The van der Waals surface area contributed by atoms with Crippen molar-refractivity contribution in [1.29, 1.82) is 0 Å². The SMILES string of the molecule is COc1ccc2c(c1)CC[C@@H]1[C@H]2CC[C@]2(C)[C@@H](NCCCCCCN3C(=O)C=CC3=O)CC[C@@H]12. The summed E-state index contributed by atoms with van der Waals surface area (Å²) in [6.07, 6.45) is 14.9. The molecule has 0 bridgehead atoms. The van der Waals surface area contributed by atoms with E-state index in [1.807, 2.05) is 0 Å². The van der Waals surface area contributed by atoms with E-state index in [1.54, 1.807) is 12.7 Å². The first-order valence-electron chi connectivity index (χ1n) is 13.4. The first-order valence-corrected chi connectivity index (χ1v) is 13.4. The van der Waals surface area contributed by atoms with Gasteiger partial charge in [0.2, 0.25) is 0 Å². The van der Waals surface area contributed by atoms with Gasteiger partial charge in [-0.15, -0.1) is 0 Å². The lowest BCUT2D eigenvalue weighted by molar-refractivity contribution is -0.136. The van der Waals surface area contributed by atoms with Gasteiger partial charge in [-0.1, -0.05) is 25.8 Å². The number of imide groups is 1. The number of carbonyl (C=O) groups excluding carboxylic acids is 2. The Bertz CT molecular complexity index is 939. The molecule has 5 atom stereocenters. The molecule has 0 saturated heterocycles. The Labute approximate surface area is 204 Å². The van der Waals surface area contributed by atoms with E-state index in [9.17, 15) is 9.59 Å². The van der Waals surface area contributed by atoms with Gasteiger partial charge in [0.05, 0.1) is 7.11 Å². The Hall–Kier alpha value is -2.14. The number of hydrogen-bond acceptors (Lipinski definition) is 4. The number of benzene rings is 1. The van der Waals surface area contributed by atoms with Crippen LogP contribution in [0.1, 0.15) is 81.8 Å². The first kappa shape index (κ1) is 23.6. The van der Waals surface area contributed by atoms with Crippen LogP contribution < -0.4 is 10.1 Å². The van der Waals surface area contributed by atoms with Crippen molar-refractivity contribution in [2.24, 2.45) is 17.3 Å². The third kappa shape index (κ3) is 4.32. The molecule has 1 heterocycles. The van der Waals surface area contributed by atoms with Crippen molar-refractivity contribution >= 4 is 11.8 Å². The fourth-order valence-corrected chi connectivity index (χ4v) is 7.70. The van der Waals surface area contributed by atoms with Gasteiger partial charge in [-0.2, -0.15) is 0 Å². The molecule has 0 unspecified atom stereocenters. The highest BCUT2D eigenvalue weighted by Gasteiger charge is 2.54. The smallest absolute Gasteiger partial charge is 0.253 e. The molecular weight excluding hydrogens is 424 g/mol. The van der Waals surface area contributed by atoms with Crippen LogP contribution in [0.25, 0.3) is 0 Å². The van der Waals surface area contributed by atoms with Crippen molar-refractivity contribution < 1.29 is 14.3 Å². The van der Waals surface area contributed by atoms with Crippen molar-refractivity contribution in [3.63, 3.8) is 0 Å². The fourth-order valence-electron chi connectivity index (χ4n) is 7.70. The zero-order valence-corrected chi connectivity index (χ0v) is 20.9. The molecule has 2 fully saturated rings. The van der Waals surface area contributed by atoms with Crippen LogP contribution in [0.5, 0.6) is 5.75 Å². The predicted octanol–water partition coefficient (Wildman–Crippen LogP) is 4.99. The average Bonchev–Trinajstić information content (AvgIpc) is 3.36. The van der Waals surface area contributed by atoms with E-state index in [4.69, 9.17) is 4.74 Å². The summed E-state index contributed by atoms with van der Waals surface area (Å²) in [5.74, 6) is 3.08. The number of carbonyl (C=O) groups is 2. The monoisotopic (exact) mass is 464 g/mol. The molecule has 2 saturated carbocycles. The number of hydrogen-bond donors (Lipinski definition) is 1. The summed E-state index contributed by atoms with van der Waals surface area (Å²) in [6.45, 7) is 4.20. The van der Waals surface area contributed by atoms with Crippen molar-refractivity contribution in [3.8, 4) is 5.75 Å². The molecule has 0 aromatic heterocycles. The molecule has 0 radical (unpaired) electrons. The Morgan fingerprint density at radius 2 is 1.82 bits per heavy atom. The lowest BCUT2D eigenvalue weighted by atomic mass is 9.55. The number of aryl methyl sites for hydroxylation is 1. The van der Waals surface area contributed by atoms with Gasteiger partial charge in [0.25, 0.3) is 11.8 Å². The van der Waals surface area contributed by atoms with Crippen LogP contribution >= 0.6 is 0 Å². The average molecular weight is 465 g/mol. The Balaban J connectivity index is 1.08. The largest absolute Gasteiger partial charge is 0.497 e. The summed E-state index contributed by atoms with van der Waals surface area (Å²) in [4.78, 5) is 24.6. The third-order valence-corrected chi connectivity index (χ3v) is 9.53. The van der Waals surface area contributed by atoms with Gasteiger partial charge >= 0.3 is 0 Å². The van der Waals surface area contributed by atoms with Gasteiger partial charge in [0.15, 0.2) is 0 Å². The van der Waals surface area contributed by atoms with Gasteiger partial charge < -0.3 is 10.1 Å². The molecule has 1 N–H and O–H groups in total. The second-order valence-electron chi connectivity index (χ2n) is 11.2. The number of fused-ring (bicyclic) bond motifs is 5. The van der Waals surface area contributed by atoms with E-state index in [0.29, 0.717) is 18.0 Å². The zero-order valence-electron chi connectivity index (χ0n) is 20.9. The van der Waals surface area contributed by atoms with Crippen LogP contribution in [0.2, 0.25) is 0 Å². The predicted molar refractivity (Wildman–Crippen MR) is 134 cm³/mol. The van der Waals surface area contributed by atoms with Crippen LogP contribution in [0.3, 0.4) is 0 Å². The first-order chi connectivity index (χ1) is 16.5. The highest BCUT2D eigenvalue weighted by Crippen LogP contribution is 2.61. The maximum atomic E-state index is 11.6. The minimum Gasteiger partial charge on any atom is -0.497 e. The van der Waals surface area contributed by atoms with Gasteiger partial charge in [-0.05, 0) is 104 Å². The summed E-state index contributed by atoms with van der Waals surface area (Å²) in [6, 6.07) is 7.42. The minimum atomic E-state index is -0.161. The van der Waals surface area contributed by atoms with Crippen molar-refractivity contribution in [2.45, 2.75) is 83.1 Å². The number of nitrogens with one attached hydrogen (secondary N) is 1. The van der Waals surface area contributed by atoms with Gasteiger partial charge in [-0.25, -0.2) is 0 Å². The minimum absolute atomic E-state index is 0.161. The Morgan fingerprint density at radius 1 is 1.03 bits per heavy atom. The zero-order chi connectivity index (χ0) is 23.7. The van der Waals surface area contributed by atoms with Crippen LogP contribution in [0.15, 0.2) is 30.4 Å². The van der Waals surface area contributed by atoms with Crippen LogP contribution in [0, 0.1) is 17.3 Å². The molecular formula is C29H40N2O3. The molecule has 5 rings (SSSR count). The Morgan fingerprint density at radius 3 is 2.62 bits per heavy atom. The highest BCUT2D eigenvalue weighted by atomic mass is 16.5. The van der Waals surface area contributed by atoms with Gasteiger partial charge in [-0.3, -0.25) is 14.5 Å². The maximum absolute atomic E-state index is 11.6. The molecule has 184 valence electrons. The maximum Gasteiger partial charge on any atom is 0.253 e. The van der Waals surface area contributed by atoms with Crippen molar-refractivity contribution in [2.75, 3.05) is 20.2 Å². The van der Waals surface area contributed by atoms with E-state index in [2.05, 4.69) is 30.4 Å². The number of ether oxygens (including phenoxy) is 1. The van der Waals surface area contributed by atoms with Crippen molar-refractivity contribution in [1.82, 2.24) is 10.2 Å². The molecule has 5 nitrogen and oxygen atoms in total. The lowest BCUT2D eigenvalue weighted by Crippen LogP contribution is -2.48. The summed E-state index contributed by atoms with van der Waals surface area (Å²) >= 11 is 0. The molecule has 1 aliphatic heterocycles. The molecule has 4 aliphatic rings. The summed E-state index contributed by atoms with van der Waals surface area (Å²) in [5, 5.41) is 3.95. The second-order valence-corrected chi connectivity index (χ2v) is 11.2. The number of rotatable bonds is 9. The summed E-state index contributed by atoms with van der Waals surface area (Å²) < 4.78 is 5.48. The van der Waals surface area contributed by atoms with Crippen molar-refractivity contribution in [3.05, 3.63) is 41.5 Å². The molecule has 2 amide bonds.